The van der Waals surface area contributed by atoms with Crippen molar-refractivity contribution in [1.82, 2.24) is 0 Å². The van der Waals surface area contributed by atoms with Gasteiger partial charge in [-0.25, -0.2) is 4.79 Å². The number of anilines is 2. The minimum absolute atomic E-state index is 0.258. The fourth-order valence-electron chi connectivity index (χ4n) is 3.14. The Morgan fingerprint density at radius 2 is 1.67 bits per heavy atom. The van der Waals surface area contributed by atoms with Crippen LogP contribution in [-0.2, 0) is 4.74 Å². The molecule has 0 saturated heterocycles. The summed E-state index contributed by atoms with van der Waals surface area (Å²) in [4.78, 5) is 14.7. The SMILES string of the molecule is CCN(CC(COc1ccccc1)OC(=O)Nc1ccccc1)c1cccc(C)c1. The Kier molecular flexibility index (Phi) is 7.72. The third-order valence-electron chi connectivity index (χ3n) is 4.65. The second-order valence-electron chi connectivity index (χ2n) is 7.02. The molecule has 1 unspecified atom stereocenters. The van der Waals surface area contributed by atoms with Crippen molar-refractivity contribution in [3.8, 4) is 5.75 Å². The van der Waals surface area contributed by atoms with E-state index in [2.05, 4.69) is 42.3 Å². The third-order valence-corrected chi connectivity index (χ3v) is 4.65. The van der Waals surface area contributed by atoms with Gasteiger partial charge in [-0.15, -0.1) is 0 Å². The predicted molar refractivity (Wildman–Crippen MR) is 121 cm³/mol. The van der Waals surface area contributed by atoms with E-state index in [9.17, 15) is 4.79 Å². The van der Waals surface area contributed by atoms with Crippen LogP contribution in [0.5, 0.6) is 5.75 Å². The monoisotopic (exact) mass is 404 g/mol. The number of nitrogens with one attached hydrogen (secondary N) is 1. The minimum Gasteiger partial charge on any atom is -0.490 e. The number of hydrogen-bond acceptors (Lipinski definition) is 4. The Bertz CT molecular complexity index is 916. The van der Waals surface area contributed by atoms with Crippen LogP contribution >= 0.6 is 0 Å². The molecule has 0 radical (unpaired) electrons. The number of amides is 1. The minimum atomic E-state index is -0.497. The molecule has 0 spiro atoms. The summed E-state index contributed by atoms with van der Waals surface area (Å²) in [5, 5.41) is 2.78. The van der Waals surface area contributed by atoms with Gasteiger partial charge in [0.1, 0.15) is 12.4 Å². The lowest BCUT2D eigenvalue weighted by Gasteiger charge is -2.28. The van der Waals surface area contributed by atoms with Gasteiger partial charge in [-0.2, -0.15) is 0 Å². The highest BCUT2D eigenvalue weighted by Crippen LogP contribution is 2.18. The van der Waals surface area contributed by atoms with Gasteiger partial charge in [0.2, 0.25) is 0 Å². The Hall–Kier alpha value is -3.47. The van der Waals surface area contributed by atoms with E-state index in [0.717, 1.165) is 18.0 Å². The van der Waals surface area contributed by atoms with E-state index in [1.807, 2.05) is 66.7 Å². The number of carbonyl (C=O) groups is 1. The van der Waals surface area contributed by atoms with Crippen LogP contribution in [0.15, 0.2) is 84.9 Å². The van der Waals surface area contributed by atoms with Crippen molar-refractivity contribution in [2.75, 3.05) is 29.9 Å². The van der Waals surface area contributed by atoms with Crippen LogP contribution in [0.3, 0.4) is 0 Å². The smallest absolute Gasteiger partial charge is 0.412 e. The molecule has 5 heteroatoms. The second-order valence-corrected chi connectivity index (χ2v) is 7.02. The molecule has 0 aliphatic carbocycles. The standard InChI is InChI=1S/C25H28N2O3/c1-3-27(22-14-10-11-20(2)17-22)18-24(19-29-23-15-8-5-9-16-23)30-25(28)26-21-12-6-4-7-13-21/h4-17,24H,3,18-19H2,1-2H3,(H,26,28). The fourth-order valence-corrected chi connectivity index (χ4v) is 3.14. The first-order valence-electron chi connectivity index (χ1n) is 10.2. The zero-order valence-corrected chi connectivity index (χ0v) is 17.5. The first-order chi connectivity index (χ1) is 14.6. The van der Waals surface area contributed by atoms with Crippen molar-refractivity contribution in [3.63, 3.8) is 0 Å². The zero-order valence-electron chi connectivity index (χ0n) is 17.5. The number of benzene rings is 3. The average Bonchev–Trinajstić information content (AvgIpc) is 2.77. The van der Waals surface area contributed by atoms with Crippen LogP contribution in [0.2, 0.25) is 0 Å². The van der Waals surface area contributed by atoms with Crippen LogP contribution in [0, 0.1) is 6.92 Å². The fraction of sp³-hybridized carbons (Fsp3) is 0.240. The third kappa shape index (κ3) is 6.55. The second kappa shape index (κ2) is 10.9. The summed E-state index contributed by atoms with van der Waals surface area (Å²) < 4.78 is 11.6. The highest BCUT2D eigenvalue weighted by Gasteiger charge is 2.20. The molecule has 3 aromatic carbocycles. The molecule has 156 valence electrons. The van der Waals surface area contributed by atoms with E-state index in [4.69, 9.17) is 9.47 Å². The molecule has 1 atom stereocenters. The van der Waals surface area contributed by atoms with Crippen molar-refractivity contribution in [2.45, 2.75) is 20.0 Å². The normalized spacial score (nSPS) is 11.4. The van der Waals surface area contributed by atoms with Crippen LogP contribution in [0.25, 0.3) is 0 Å². The Balaban J connectivity index is 1.69. The number of rotatable bonds is 9. The van der Waals surface area contributed by atoms with E-state index < -0.39 is 12.2 Å². The Morgan fingerprint density at radius 3 is 2.33 bits per heavy atom. The molecule has 30 heavy (non-hydrogen) atoms. The maximum absolute atomic E-state index is 12.5. The van der Waals surface area contributed by atoms with Crippen molar-refractivity contribution in [1.29, 1.82) is 0 Å². The van der Waals surface area contributed by atoms with Gasteiger partial charge in [0.15, 0.2) is 6.10 Å². The summed E-state index contributed by atoms with van der Waals surface area (Å²) in [5.74, 6) is 0.744. The summed E-state index contributed by atoms with van der Waals surface area (Å²) in [6.45, 7) is 5.72. The molecule has 0 saturated carbocycles. The molecule has 1 N–H and O–H groups in total. The summed E-state index contributed by atoms with van der Waals surface area (Å²) in [6, 6.07) is 27.1. The lowest BCUT2D eigenvalue weighted by Crippen LogP contribution is -2.39. The summed E-state index contributed by atoms with van der Waals surface area (Å²) in [5.41, 5.74) is 2.97. The van der Waals surface area contributed by atoms with Gasteiger partial charge >= 0.3 is 6.09 Å². The summed E-state index contributed by atoms with van der Waals surface area (Å²) in [7, 11) is 0. The summed E-state index contributed by atoms with van der Waals surface area (Å²) >= 11 is 0. The number of hydrogen-bond donors (Lipinski definition) is 1. The molecule has 0 bridgehead atoms. The van der Waals surface area contributed by atoms with Crippen molar-refractivity contribution >= 4 is 17.5 Å². The topological polar surface area (TPSA) is 50.8 Å². The molecule has 0 aliphatic rings. The molecular weight excluding hydrogens is 376 g/mol. The average molecular weight is 405 g/mol. The van der Waals surface area contributed by atoms with E-state index in [0.29, 0.717) is 12.2 Å². The van der Waals surface area contributed by atoms with Crippen LogP contribution in [0.1, 0.15) is 12.5 Å². The molecule has 3 rings (SSSR count). The zero-order chi connectivity index (χ0) is 21.2. The van der Waals surface area contributed by atoms with Crippen molar-refractivity contribution < 1.29 is 14.3 Å². The van der Waals surface area contributed by atoms with E-state index >= 15 is 0 Å². The lowest BCUT2D eigenvalue weighted by molar-refractivity contribution is 0.0785. The van der Waals surface area contributed by atoms with Gasteiger partial charge in [-0.05, 0) is 55.8 Å². The van der Waals surface area contributed by atoms with Gasteiger partial charge in [-0.3, -0.25) is 5.32 Å². The van der Waals surface area contributed by atoms with Gasteiger partial charge in [0, 0.05) is 17.9 Å². The number of nitrogens with zero attached hydrogens (tertiary/aromatic N) is 1. The van der Waals surface area contributed by atoms with Crippen LogP contribution in [0.4, 0.5) is 16.2 Å². The Morgan fingerprint density at radius 1 is 0.967 bits per heavy atom. The maximum Gasteiger partial charge on any atom is 0.412 e. The number of carbonyl (C=O) groups excluding carboxylic acids is 1. The highest BCUT2D eigenvalue weighted by atomic mass is 16.6. The van der Waals surface area contributed by atoms with Crippen molar-refractivity contribution in [3.05, 3.63) is 90.5 Å². The first-order valence-corrected chi connectivity index (χ1v) is 10.2. The number of ether oxygens (including phenoxy) is 2. The molecule has 3 aromatic rings. The van der Waals surface area contributed by atoms with E-state index in [1.165, 1.54) is 5.56 Å². The molecule has 0 aromatic heterocycles. The lowest BCUT2D eigenvalue weighted by atomic mass is 10.2. The predicted octanol–water partition coefficient (Wildman–Crippen LogP) is 5.52. The molecule has 0 heterocycles. The number of aryl methyl sites for hydroxylation is 1. The Labute approximate surface area is 178 Å². The van der Waals surface area contributed by atoms with Crippen molar-refractivity contribution in [2.24, 2.45) is 0 Å². The molecule has 0 aliphatic heterocycles. The van der Waals surface area contributed by atoms with E-state index in [-0.39, 0.29) is 6.61 Å². The van der Waals surface area contributed by atoms with Gasteiger partial charge in [-0.1, -0.05) is 48.5 Å². The maximum atomic E-state index is 12.5. The van der Waals surface area contributed by atoms with E-state index in [1.54, 1.807) is 0 Å². The largest absolute Gasteiger partial charge is 0.490 e. The van der Waals surface area contributed by atoms with Gasteiger partial charge < -0.3 is 14.4 Å². The molecular formula is C25H28N2O3. The van der Waals surface area contributed by atoms with Gasteiger partial charge in [0.25, 0.3) is 0 Å². The quantitative estimate of drug-likeness (QED) is 0.510. The molecule has 0 fully saturated rings. The molecule has 5 nitrogen and oxygen atoms in total. The number of likely N-dealkylation sites (N-methyl/N-ethyl adjacent to an activating group) is 1. The van der Waals surface area contributed by atoms with Gasteiger partial charge in [0.05, 0.1) is 6.54 Å². The first kappa shape index (κ1) is 21.2. The summed E-state index contributed by atoms with van der Waals surface area (Å²) in [6.07, 6.45) is -0.947. The molecule has 1 amide bonds. The highest BCUT2D eigenvalue weighted by molar-refractivity contribution is 5.84. The van der Waals surface area contributed by atoms with Crippen LogP contribution < -0.4 is 15.0 Å². The van der Waals surface area contributed by atoms with Crippen LogP contribution in [-0.4, -0.2) is 31.9 Å². The number of para-hydroxylation sites is 2.